The van der Waals surface area contributed by atoms with Gasteiger partial charge in [-0.15, -0.1) is 0 Å². The van der Waals surface area contributed by atoms with E-state index in [0.29, 0.717) is 6.54 Å². The third-order valence-corrected chi connectivity index (χ3v) is 5.82. The predicted octanol–water partition coefficient (Wildman–Crippen LogP) is 4.07. The van der Waals surface area contributed by atoms with Crippen LogP contribution in [0.15, 0.2) is 54.6 Å². The van der Waals surface area contributed by atoms with Gasteiger partial charge in [-0.05, 0) is 36.3 Å². The summed E-state index contributed by atoms with van der Waals surface area (Å²) >= 11 is 6.00. The quantitative estimate of drug-likeness (QED) is 0.669. The fraction of sp³-hybridized carbons (Fsp3) is 0.435. The second-order valence-electron chi connectivity index (χ2n) is 7.26. The number of hydrogen-bond donors (Lipinski definition) is 0. The SMILES string of the molecule is CCN(CC)CCN1CCN(Cc2ccc(Cl)cc2)C(=O)C1c1ccccc1. The topological polar surface area (TPSA) is 26.8 Å². The molecule has 3 rings (SSSR count). The lowest BCUT2D eigenvalue weighted by molar-refractivity contribution is -0.143. The van der Waals surface area contributed by atoms with Gasteiger partial charge in [-0.25, -0.2) is 0 Å². The van der Waals surface area contributed by atoms with E-state index >= 15 is 0 Å². The Morgan fingerprint density at radius 3 is 2.32 bits per heavy atom. The van der Waals surface area contributed by atoms with E-state index in [4.69, 9.17) is 11.6 Å². The Labute approximate surface area is 173 Å². The minimum absolute atomic E-state index is 0.187. The molecule has 1 aliphatic rings. The number of hydrogen-bond acceptors (Lipinski definition) is 3. The van der Waals surface area contributed by atoms with Crippen molar-refractivity contribution in [2.75, 3.05) is 39.3 Å². The second kappa shape index (κ2) is 10.1. The van der Waals surface area contributed by atoms with E-state index in [2.05, 4.69) is 35.8 Å². The first kappa shape index (κ1) is 20.8. The molecular weight excluding hydrogens is 370 g/mol. The van der Waals surface area contributed by atoms with Gasteiger partial charge >= 0.3 is 0 Å². The van der Waals surface area contributed by atoms with Crippen LogP contribution in [-0.2, 0) is 11.3 Å². The fourth-order valence-electron chi connectivity index (χ4n) is 3.82. The monoisotopic (exact) mass is 399 g/mol. The molecular formula is C23H30ClN3O. The second-order valence-corrected chi connectivity index (χ2v) is 7.70. The van der Waals surface area contributed by atoms with Crippen LogP contribution in [0.1, 0.15) is 31.0 Å². The zero-order valence-electron chi connectivity index (χ0n) is 16.9. The third-order valence-electron chi connectivity index (χ3n) is 5.57. The zero-order chi connectivity index (χ0) is 19.9. The summed E-state index contributed by atoms with van der Waals surface area (Å²) in [4.78, 5) is 20.2. The van der Waals surface area contributed by atoms with Crippen LogP contribution in [0.3, 0.4) is 0 Å². The van der Waals surface area contributed by atoms with E-state index in [1.54, 1.807) is 0 Å². The van der Waals surface area contributed by atoms with Crippen LogP contribution in [0.25, 0.3) is 0 Å². The number of nitrogens with zero attached hydrogens (tertiary/aromatic N) is 3. The maximum absolute atomic E-state index is 13.4. The molecule has 0 N–H and O–H groups in total. The van der Waals surface area contributed by atoms with Gasteiger partial charge < -0.3 is 9.80 Å². The Morgan fingerprint density at radius 1 is 1.00 bits per heavy atom. The van der Waals surface area contributed by atoms with Crippen molar-refractivity contribution in [3.05, 3.63) is 70.7 Å². The van der Waals surface area contributed by atoms with E-state index in [-0.39, 0.29) is 11.9 Å². The third kappa shape index (κ3) is 5.13. The minimum atomic E-state index is -0.210. The van der Waals surface area contributed by atoms with Gasteiger partial charge in [0.15, 0.2) is 0 Å². The Hall–Kier alpha value is -1.88. The van der Waals surface area contributed by atoms with Crippen molar-refractivity contribution in [2.24, 2.45) is 0 Å². The highest BCUT2D eigenvalue weighted by Gasteiger charge is 2.35. The molecule has 0 radical (unpaired) electrons. The van der Waals surface area contributed by atoms with Gasteiger partial charge in [0, 0.05) is 37.7 Å². The van der Waals surface area contributed by atoms with Crippen LogP contribution in [0, 0.1) is 0 Å². The number of carbonyl (C=O) groups is 1. The average molecular weight is 400 g/mol. The highest BCUT2D eigenvalue weighted by molar-refractivity contribution is 6.30. The molecule has 5 heteroatoms. The van der Waals surface area contributed by atoms with Gasteiger partial charge in [-0.1, -0.05) is 67.9 Å². The minimum Gasteiger partial charge on any atom is -0.335 e. The lowest BCUT2D eigenvalue weighted by Gasteiger charge is -2.41. The summed E-state index contributed by atoms with van der Waals surface area (Å²) in [6.07, 6.45) is 0. The molecule has 1 aliphatic heterocycles. The number of piperazine rings is 1. The summed E-state index contributed by atoms with van der Waals surface area (Å²) < 4.78 is 0. The summed E-state index contributed by atoms with van der Waals surface area (Å²) in [7, 11) is 0. The Kier molecular flexibility index (Phi) is 7.49. The van der Waals surface area contributed by atoms with E-state index in [0.717, 1.165) is 55.4 Å². The molecule has 4 nitrogen and oxygen atoms in total. The molecule has 0 aliphatic carbocycles. The molecule has 0 aromatic heterocycles. The number of halogens is 1. The van der Waals surface area contributed by atoms with Crippen LogP contribution in [0.5, 0.6) is 0 Å². The summed E-state index contributed by atoms with van der Waals surface area (Å²) in [6, 6.07) is 17.7. The fourth-order valence-corrected chi connectivity index (χ4v) is 3.95. The normalized spacial score (nSPS) is 18.1. The maximum atomic E-state index is 13.4. The number of benzene rings is 2. The summed E-state index contributed by atoms with van der Waals surface area (Å²) in [5.41, 5.74) is 2.19. The first-order valence-corrected chi connectivity index (χ1v) is 10.5. The number of carbonyl (C=O) groups excluding carboxylic acids is 1. The first-order valence-electron chi connectivity index (χ1n) is 10.2. The van der Waals surface area contributed by atoms with Crippen LogP contribution < -0.4 is 0 Å². The summed E-state index contributed by atoms with van der Waals surface area (Å²) in [5, 5.41) is 0.721. The smallest absolute Gasteiger partial charge is 0.244 e. The number of likely N-dealkylation sites (N-methyl/N-ethyl adjacent to an activating group) is 1. The molecule has 1 amide bonds. The zero-order valence-corrected chi connectivity index (χ0v) is 17.6. The van der Waals surface area contributed by atoms with Crippen molar-refractivity contribution < 1.29 is 4.79 Å². The van der Waals surface area contributed by atoms with Crippen molar-refractivity contribution in [1.82, 2.24) is 14.7 Å². The molecule has 2 aromatic rings. The molecule has 1 atom stereocenters. The molecule has 150 valence electrons. The lowest BCUT2D eigenvalue weighted by atomic mass is 10.0. The Morgan fingerprint density at radius 2 is 1.68 bits per heavy atom. The van der Waals surface area contributed by atoms with Gasteiger partial charge in [0.05, 0.1) is 0 Å². The molecule has 1 unspecified atom stereocenters. The highest BCUT2D eigenvalue weighted by atomic mass is 35.5. The molecule has 2 aromatic carbocycles. The van der Waals surface area contributed by atoms with Gasteiger partial charge in [0.1, 0.15) is 6.04 Å². The van der Waals surface area contributed by atoms with E-state index in [9.17, 15) is 4.79 Å². The van der Waals surface area contributed by atoms with Crippen LogP contribution in [-0.4, -0.2) is 59.9 Å². The predicted molar refractivity (Wildman–Crippen MR) is 115 cm³/mol. The molecule has 1 heterocycles. The standard InChI is InChI=1S/C23H30ClN3O/c1-3-25(4-2)14-15-26-16-17-27(18-19-10-12-21(24)13-11-19)23(28)22(26)20-8-6-5-7-9-20/h5-13,22H,3-4,14-18H2,1-2H3. The molecule has 28 heavy (non-hydrogen) atoms. The van der Waals surface area contributed by atoms with Crippen molar-refractivity contribution in [3.8, 4) is 0 Å². The Bertz CT molecular complexity index is 746. The first-order chi connectivity index (χ1) is 13.6. The lowest BCUT2D eigenvalue weighted by Crippen LogP contribution is -2.53. The molecule has 0 bridgehead atoms. The van der Waals surface area contributed by atoms with Crippen LogP contribution in [0.4, 0.5) is 0 Å². The number of amides is 1. The molecule has 0 spiro atoms. The van der Waals surface area contributed by atoms with E-state index in [1.165, 1.54) is 0 Å². The number of rotatable bonds is 8. The van der Waals surface area contributed by atoms with Gasteiger partial charge in [-0.3, -0.25) is 9.69 Å². The van der Waals surface area contributed by atoms with Gasteiger partial charge in [0.25, 0.3) is 0 Å². The largest absolute Gasteiger partial charge is 0.335 e. The maximum Gasteiger partial charge on any atom is 0.244 e. The molecule has 1 fully saturated rings. The van der Waals surface area contributed by atoms with Crippen molar-refractivity contribution in [2.45, 2.75) is 26.4 Å². The average Bonchev–Trinajstić information content (AvgIpc) is 2.73. The van der Waals surface area contributed by atoms with Crippen LogP contribution in [0.2, 0.25) is 5.02 Å². The van der Waals surface area contributed by atoms with Gasteiger partial charge in [-0.2, -0.15) is 0 Å². The van der Waals surface area contributed by atoms with Crippen molar-refractivity contribution >= 4 is 17.5 Å². The van der Waals surface area contributed by atoms with Crippen molar-refractivity contribution in [3.63, 3.8) is 0 Å². The van der Waals surface area contributed by atoms with Gasteiger partial charge in [0.2, 0.25) is 5.91 Å². The molecule has 0 saturated carbocycles. The summed E-state index contributed by atoms with van der Waals surface area (Å²) in [5.74, 6) is 0.187. The summed E-state index contributed by atoms with van der Waals surface area (Å²) in [6.45, 7) is 10.6. The highest BCUT2D eigenvalue weighted by Crippen LogP contribution is 2.27. The van der Waals surface area contributed by atoms with Crippen LogP contribution >= 0.6 is 11.6 Å². The van der Waals surface area contributed by atoms with E-state index in [1.807, 2.05) is 47.4 Å². The molecule has 1 saturated heterocycles. The van der Waals surface area contributed by atoms with Crippen molar-refractivity contribution in [1.29, 1.82) is 0 Å². The Balaban J connectivity index is 1.76. The van der Waals surface area contributed by atoms with E-state index < -0.39 is 0 Å².